The van der Waals surface area contributed by atoms with E-state index in [4.69, 9.17) is 16.3 Å². The Hall–Kier alpha value is -1.91. The van der Waals surface area contributed by atoms with Crippen molar-refractivity contribution in [3.63, 3.8) is 0 Å². The minimum absolute atomic E-state index is 0.179. The summed E-state index contributed by atoms with van der Waals surface area (Å²) in [6.07, 6.45) is 0.666. The van der Waals surface area contributed by atoms with Gasteiger partial charge in [0.2, 0.25) is 0 Å². The van der Waals surface area contributed by atoms with Gasteiger partial charge in [0.05, 0.1) is 27.7 Å². The summed E-state index contributed by atoms with van der Waals surface area (Å²) < 4.78 is 6.64. The highest BCUT2D eigenvalue weighted by Gasteiger charge is 2.23. The predicted molar refractivity (Wildman–Crippen MR) is 109 cm³/mol. The number of benzene rings is 2. The van der Waals surface area contributed by atoms with Crippen LogP contribution >= 0.6 is 22.9 Å². The largest absolute Gasteiger partial charge is 0.465 e. The quantitative estimate of drug-likeness (QED) is 0.511. The van der Waals surface area contributed by atoms with Crippen molar-refractivity contribution in [3.8, 4) is 11.1 Å². The van der Waals surface area contributed by atoms with E-state index in [-0.39, 0.29) is 5.97 Å². The lowest BCUT2D eigenvalue weighted by Crippen LogP contribution is -2.23. The number of thiazole rings is 1. The van der Waals surface area contributed by atoms with Crippen molar-refractivity contribution in [1.82, 2.24) is 4.98 Å². The third kappa shape index (κ3) is 3.92. The molecule has 0 saturated carbocycles. The second kappa shape index (κ2) is 7.37. The molecule has 0 aliphatic carbocycles. The Morgan fingerprint density at radius 3 is 2.58 bits per heavy atom. The zero-order valence-corrected chi connectivity index (χ0v) is 17.0. The maximum atomic E-state index is 12.1. The van der Waals surface area contributed by atoms with Gasteiger partial charge in [0.25, 0.3) is 0 Å². The van der Waals surface area contributed by atoms with Crippen LogP contribution in [-0.2, 0) is 16.0 Å². The van der Waals surface area contributed by atoms with Gasteiger partial charge in [0, 0.05) is 17.0 Å². The van der Waals surface area contributed by atoms with E-state index in [9.17, 15) is 4.79 Å². The Bertz CT molecular complexity index is 939. The molecule has 0 spiro atoms. The molecule has 2 aromatic carbocycles. The minimum Gasteiger partial charge on any atom is -0.465 e. The summed E-state index contributed by atoms with van der Waals surface area (Å²) in [5.41, 5.74) is 6.97. The number of halogens is 1. The van der Waals surface area contributed by atoms with Gasteiger partial charge in [-0.15, -0.1) is 11.3 Å². The number of aromatic nitrogens is 1. The molecule has 136 valence electrons. The zero-order chi connectivity index (χ0) is 18.9. The predicted octanol–water partition coefficient (Wildman–Crippen LogP) is 6.06. The molecular weight excluding hydrogens is 366 g/mol. The van der Waals surface area contributed by atoms with Crippen molar-refractivity contribution in [1.29, 1.82) is 0 Å². The fourth-order valence-corrected chi connectivity index (χ4v) is 3.87. The summed E-state index contributed by atoms with van der Waals surface area (Å²) in [7, 11) is 0. The molecule has 3 rings (SSSR count). The Balaban J connectivity index is 1.98. The first-order valence-electron chi connectivity index (χ1n) is 8.56. The number of carbonyl (C=O) groups is 1. The van der Waals surface area contributed by atoms with Crippen LogP contribution in [-0.4, -0.2) is 17.6 Å². The number of esters is 1. The molecule has 0 aliphatic rings. The maximum Gasteiger partial charge on any atom is 0.311 e. The first-order valence-corrected chi connectivity index (χ1v) is 9.82. The number of hydrogen-bond donors (Lipinski definition) is 0. The van der Waals surface area contributed by atoms with Gasteiger partial charge in [-0.25, -0.2) is 4.98 Å². The molecule has 1 aromatic heterocycles. The normalized spacial score (nSPS) is 11.7. The van der Waals surface area contributed by atoms with E-state index in [2.05, 4.69) is 18.0 Å². The zero-order valence-electron chi connectivity index (χ0n) is 15.4. The average molecular weight is 388 g/mol. The second-order valence-electron chi connectivity index (χ2n) is 7.39. The van der Waals surface area contributed by atoms with Gasteiger partial charge >= 0.3 is 5.97 Å². The number of ether oxygens (including phenoxy) is 1. The molecule has 0 fully saturated rings. The lowest BCUT2D eigenvalue weighted by atomic mass is 9.93. The fourth-order valence-electron chi connectivity index (χ4n) is 2.88. The molecule has 0 N–H and O–H groups in total. The molecular formula is C21H22ClNO2S. The van der Waals surface area contributed by atoms with E-state index in [1.54, 1.807) is 11.3 Å². The first-order chi connectivity index (χ1) is 12.3. The van der Waals surface area contributed by atoms with Gasteiger partial charge in [0.15, 0.2) is 0 Å². The van der Waals surface area contributed by atoms with Crippen molar-refractivity contribution < 1.29 is 9.53 Å². The van der Waals surface area contributed by atoms with Gasteiger partial charge in [-0.2, -0.15) is 0 Å². The lowest BCUT2D eigenvalue weighted by Gasteiger charge is -2.18. The Morgan fingerprint density at radius 1 is 1.23 bits per heavy atom. The Kier molecular flexibility index (Phi) is 5.35. The van der Waals surface area contributed by atoms with Crippen LogP contribution in [0.15, 0.2) is 35.8 Å². The van der Waals surface area contributed by atoms with Crippen LogP contribution in [0, 0.1) is 12.3 Å². The van der Waals surface area contributed by atoms with E-state index >= 15 is 0 Å². The van der Waals surface area contributed by atoms with Crippen molar-refractivity contribution in [2.75, 3.05) is 6.61 Å². The molecule has 1 heterocycles. The van der Waals surface area contributed by atoms with Crippen molar-refractivity contribution in [2.24, 2.45) is 5.41 Å². The highest BCUT2D eigenvalue weighted by molar-refractivity contribution is 7.17. The van der Waals surface area contributed by atoms with Crippen LogP contribution in [0.3, 0.4) is 0 Å². The molecule has 0 bridgehead atoms. The summed E-state index contributed by atoms with van der Waals surface area (Å²) in [4.78, 5) is 16.5. The smallest absolute Gasteiger partial charge is 0.311 e. The monoisotopic (exact) mass is 387 g/mol. The summed E-state index contributed by atoms with van der Waals surface area (Å²) in [5.74, 6) is -0.179. The van der Waals surface area contributed by atoms with Crippen LogP contribution in [0.25, 0.3) is 21.3 Å². The van der Waals surface area contributed by atoms with E-state index in [1.165, 1.54) is 5.56 Å². The molecule has 0 aliphatic heterocycles. The van der Waals surface area contributed by atoms with Crippen LogP contribution in [0.5, 0.6) is 0 Å². The summed E-state index contributed by atoms with van der Waals surface area (Å²) in [6, 6.07) is 9.96. The number of hydrogen-bond acceptors (Lipinski definition) is 4. The molecule has 0 saturated heterocycles. The molecule has 0 radical (unpaired) electrons. The third-order valence-corrected chi connectivity index (χ3v) is 5.40. The Morgan fingerprint density at radius 2 is 1.92 bits per heavy atom. The molecule has 3 nitrogen and oxygen atoms in total. The van der Waals surface area contributed by atoms with Gasteiger partial charge in [-0.3, -0.25) is 4.79 Å². The van der Waals surface area contributed by atoms with E-state index in [0.717, 1.165) is 26.9 Å². The van der Waals surface area contributed by atoms with E-state index in [0.29, 0.717) is 18.1 Å². The number of aryl methyl sites for hydroxylation is 1. The van der Waals surface area contributed by atoms with E-state index in [1.807, 2.05) is 50.5 Å². The number of rotatable bonds is 4. The van der Waals surface area contributed by atoms with Crippen molar-refractivity contribution in [3.05, 3.63) is 52.0 Å². The molecule has 0 unspecified atom stereocenters. The maximum absolute atomic E-state index is 12.1. The van der Waals surface area contributed by atoms with Crippen LogP contribution in [0.2, 0.25) is 5.02 Å². The fraction of sp³-hybridized carbons (Fsp3) is 0.333. The summed E-state index contributed by atoms with van der Waals surface area (Å²) in [6.45, 7) is 8.04. The van der Waals surface area contributed by atoms with Gasteiger partial charge in [0.1, 0.15) is 0 Å². The van der Waals surface area contributed by atoms with Crippen LogP contribution in [0.4, 0.5) is 0 Å². The first kappa shape index (κ1) is 18.9. The van der Waals surface area contributed by atoms with Crippen molar-refractivity contribution in [2.45, 2.75) is 34.1 Å². The topological polar surface area (TPSA) is 39.2 Å². The number of fused-ring (bicyclic) bond motifs is 1. The second-order valence-corrected chi connectivity index (χ2v) is 8.68. The summed E-state index contributed by atoms with van der Waals surface area (Å²) in [5, 5.41) is 0.711. The third-order valence-electron chi connectivity index (χ3n) is 4.28. The van der Waals surface area contributed by atoms with Gasteiger partial charge in [-0.1, -0.05) is 23.7 Å². The summed E-state index contributed by atoms with van der Waals surface area (Å²) >= 11 is 7.69. The van der Waals surface area contributed by atoms with E-state index < -0.39 is 5.41 Å². The highest BCUT2D eigenvalue weighted by atomic mass is 35.5. The standard InChI is InChI=1S/C21H22ClNO2S/c1-13-11-17-19(26-12-23-17)18(14-5-7-15(22)8-6-14)16(13)9-10-25-20(24)21(2,3)4/h5-8,11-12H,9-10H2,1-4H3. The molecule has 0 amide bonds. The average Bonchev–Trinajstić information content (AvgIpc) is 3.02. The van der Waals surface area contributed by atoms with Gasteiger partial charge in [-0.05, 0) is 62.6 Å². The van der Waals surface area contributed by atoms with Crippen LogP contribution < -0.4 is 0 Å². The number of nitrogens with zero attached hydrogens (tertiary/aromatic N) is 1. The molecule has 26 heavy (non-hydrogen) atoms. The van der Waals surface area contributed by atoms with Gasteiger partial charge < -0.3 is 4.74 Å². The molecule has 5 heteroatoms. The number of carbonyl (C=O) groups excluding carboxylic acids is 1. The SMILES string of the molecule is Cc1cc2ncsc2c(-c2ccc(Cl)cc2)c1CCOC(=O)C(C)(C)C. The molecule has 0 atom stereocenters. The lowest BCUT2D eigenvalue weighted by molar-refractivity contribution is -0.152. The highest BCUT2D eigenvalue weighted by Crippen LogP contribution is 2.37. The Labute approximate surface area is 163 Å². The minimum atomic E-state index is -0.490. The van der Waals surface area contributed by atoms with Crippen molar-refractivity contribution >= 4 is 39.1 Å². The molecule has 3 aromatic rings. The van der Waals surface area contributed by atoms with Crippen LogP contribution in [0.1, 0.15) is 31.9 Å².